The third-order valence-corrected chi connectivity index (χ3v) is 0.618. The van der Waals surface area contributed by atoms with Crippen LogP contribution in [0.1, 0.15) is 6.92 Å². The van der Waals surface area contributed by atoms with Gasteiger partial charge in [0.1, 0.15) is 0 Å². The van der Waals surface area contributed by atoms with Crippen LogP contribution >= 0.6 is 23.2 Å². The lowest BCUT2D eigenvalue weighted by molar-refractivity contribution is -0.140. The Balaban J connectivity index is 0. The van der Waals surface area contributed by atoms with Gasteiger partial charge in [0.2, 0.25) is 5.24 Å². The molecular formula is C4H5Cl2O3. The summed E-state index contributed by atoms with van der Waals surface area (Å²) < 4.78 is 0. The molecule has 0 atom stereocenters. The first-order chi connectivity index (χ1) is 4.00. The Hall–Kier alpha value is -0.280. The molecule has 0 saturated carbocycles. The molecule has 5 heteroatoms. The number of hydrogen-bond acceptors (Lipinski definition) is 2. The molecule has 0 aliphatic carbocycles. The SMILES string of the molecule is CC([O])=O.O=C(Cl)CCl. The standard InChI is InChI=1S/C2H2Cl2O.C2H3O2/c3-1-2(4)5;1-2(3)4/h1H2;1H3. The highest BCUT2D eigenvalue weighted by Gasteiger charge is 1.83. The van der Waals surface area contributed by atoms with Crippen molar-refractivity contribution in [3.8, 4) is 0 Å². The fraction of sp³-hybridized carbons (Fsp3) is 0.500. The van der Waals surface area contributed by atoms with Crippen LogP contribution in [-0.2, 0) is 14.7 Å². The second kappa shape index (κ2) is 7.72. The number of carbonyl (C=O) groups is 2. The molecule has 0 amide bonds. The smallest absolute Gasteiger partial charge is 0.280 e. The van der Waals surface area contributed by atoms with Gasteiger partial charge in [-0.3, -0.25) is 4.79 Å². The van der Waals surface area contributed by atoms with Gasteiger partial charge in [-0.25, -0.2) is 9.90 Å². The van der Waals surface area contributed by atoms with E-state index in [2.05, 4.69) is 0 Å². The number of carbonyl (C=O) groups excluding carboxylic acids is 2. The van der Waals surface area contributed by atoms with Crippen molar-refractivity contribution in [3.63, 3.8) is 0 Å². The molecule has 0 aliphatic rings. The second-order valence-corrected chi connectivity index (χ2v) is 1.67. The largest absolute Gasteiger partial charge is 0.352 e. The normalized spacial score (nSPS) is 7.00. The summed E-state index contributed by atoms with van der Waals surface area (Å²) in [6, 6.07) is 0. The highest BCUT2D eigenvalue weighted by Crippen LogP contribution is 1.80. The maximum atomic E-state index is 9.45. The molecule has 0 spiro atoms. The summed E-state index contributed by atoms with van der Waals surface area (Å²) >= 11 is 9.55. The Kier molecular flexibility index (Phi) is 9.87. The lowest BCUT2D eigenvalue weighted by Gasteiger charge is -1.65. The van der Waals surface area contributed by atoms with Crippen molar-refractivity contribution in [2.24, 2.45) is 0 Å². The number of alkyl halides is 1. The summed E-state index contributed by atoms with van der Waals surface area (Å²) in [5, 5.41) is 8.38. The Labute approximate surface area is 62.6 Å². The van der Waals surface area contributed by atoms with Crippen LogP contribution in [0.3, 0.4) is 0 Å². The maximum Gasteiger partial charge on any atom is 0.352 e. The molecule has 1 radical (unpaired) electrons. The van der Waals surface area contributed by atoms with Crippen molar-refractivity contribution in [1.82, 2.24) is 0 Å². The van der Waals surface area contributed by atoms with Gasteiger partial charge in [0.15, 0.2) is 0 Å². The Morgan fingerprint density at radius 2 is 1.56 bits per heavy atom. The van der Waals surface area contributed by atoms with Gasteiger partial charge in [0, 0.05) is 6.92 Å². The average molecular weight is 172 g/mol. The third-order valence-electron chi connectivity index (χ3n) is 0.105. The lowest BCUT2D eigenvalue weighted by Crippen LogP contribution is -1.81. The zero-order valence-electron chi connectivity index (χ0n) is 4.69. The van der Waals surface area contributed by atoms with Crippen molar-refractivity contribution in [2.75, 3.05) is 5.88 Å². The first-order valence-corrected chi connectivity index (χ1v) is 2.83. The Morgan fingerprint density at radius 3 is 1.56 bits per heavy atom. The summed E-state index contributed by atoms with van der Waals surface area (Å²) in [4.78, 5) is 18.3. The summed E-state index contributed by atoms with van der Waals surface area (Å²) in [6.45, 7) is 0.972. The van der Waals surface area contributed by atoms with Gasteiger partial charge >= 0.3 is 5.97 Å². The minimum absolute atomic E-state index is 0.0957. The summed E-state index contributed by atoms with van der Waals surface area (Å²) in [7, 11) is 0. The summed E-state index contributed by atoms with van der Waals surface area (Å²) in [6.07, 6.45) is 0. The van der Waals surface area contributed by atoms with E-state index in [1.165, 1.54) is 0 Å². The molecule has 0 unspecified atom stereocenters. The van der Waals surface area contributed by atoms with Crippen LogP contribution in [-0.4, -0.2) is 17.1 Å². The average Bonchev–Trinajstić information content (AvgIpc) is 1.65. The maximum absolute atomic E-state index is 9.45. The second-order valence-electron chi connectivity index (χ2n) is 0.980. The van der Waals surface area contributed by atoms with Crippen LogP contribution in [0, 0.1) is 0 Å². The van der Waals surface area contributed by atoms with E-state index in [-0.39, 0.29) is 5.88 Å². The van der Waals surface area contributed by atoms with Crippen LogP contribution in [0.4, 0.5) is 0 Å². The van der Waals surface area contributed by atoms with E-state index in [9.17, 15) is 4.79 Å². The van der Waals surface area contributed by atoms with Crippen LogP contribution < -0.4 is 0 Å². The lowest BCUT2D eigenvalue weighted by atomic mass is 10.9. The van der Waals surface area contributed by atoms with Crippen LogP contribution in [0.2, 0.25) is 0 Å². The quantitative estimate of drug-likeness (QED) is 0.436. The molecule has 0 heterocycles. The van der Waals surface area contributed by atoms with Crippen LogP contribution in [0.15, 0.2) is 0 Å². The predicted octanol–water partition coefficient (Wildman–Crippen LogP) is 0.954. The molecule has 0 saturated heterocycles. The highest BCUT2D eigenvalue weighted by atomic mass is 35.5. The van der Waals surface area contributed by atoms with Crippen molar-refractivity contribution in [3.05, 3.63) is 0 Å². The van der Waals surface area contributed by atoms with Gasteiger partial charge in [-0.1, -0.05) is 0 Å². The van der Waals surface area contributed by atoms with Gasteiger partial charge in [-0.05, 0) is 11.6 Å². The topological polar surface area (TPSA) is 54.0 Å². The first-order valence-electron chi connectivity index (χ1n) is 1.92. The molecule has 0 fully saturated rings. The first kappa shape index (κ1) is 11.5. The van der Waals surface area contributed by atoms with Crippen molar-refractivity contribution < 1.29 is 14.7 Å². The minimum atomic E-state index is -1.08. The van der Waals surface area contributed by atoms with Crippen LogP contribution in [0.5, 0.6) is 0 Å². The van der Waals surface area contributed by atoms with Gasteiger partial charge in [0.05, 0.1) is 5.88 Å². The third kappa shape index (κ3) is 85.4. The summed E-state index contributed by atoms with van der Waals surface area (Å²) in [5.74, 6) is -1.18. The van der Waals surface area contributed by atoms with Crippen molar-refractivity contribution in [1.29, 1.82) is 0 Å². The van der Waals surface area contributed by atoms with E-state index in [0.29, 0.717) is 0 Å². The molecule has 0 rings (SSSR count). The van der Waals surface area contributed by atoms with E-state index in [1.807, 2.05) is 0 Å². The van der Waals surface area contributed by atoms with Crippen molar-refractivity contribution in [2.45, 2.75) is 6.92 Å². The summed E-state index contributed by atoms with van der Waals surface area (Å²) in [5.41, 5.74) is 0. The molecular weight excluding hydrogens is 167 g/mol. The fourth-order valence-electron chi connectivity index (χ4n) is 0. The Morgan fingerprint density at radius 1 is 1.44 bits per heavy atom. The van der Waals surface area contributed by atoms with Crippen LogP contribution in [0.25, 0.3) is 0 Å². The zero-order chi connectivity index (χ0) is 7.86. The van der Waals surface area contributed by atoms with Gasteiger partial charge < -0.3 is 0 Å². The van der Waals surface area contributed by atoms with Gasteiger partial charge in [0.25, 0.3) is 0 Å². The molecule has 0 bridgehead atoms. The molecule has 53 valence electrons. The van der Waals surface area contributed by atoms with Crippen molar-refractivity contribution >= 4 is 34.4 Å². The highest BCUT2D eigenvalue weighted by molar-refractivity contribution is 6.67. The molecule has 3 nitrogen and oxygen atoms in total. The predicted molar refractivity (Wildman–Crippen MR) is 32.9 cm³/mol. The monoisotopic (exact) mass is 171 g/mol. The molecule has 0 aromatic rings. The number of hydrogen-bond donors (Lipinski definition) is 0. The van der Waals surface area contributed by atoms with E-state index < -0.39 is 11.2 Å². The van der Waals surface area contributed by atoms with E-state index in [4.69, 9.17) is 33.1 Å². The molecule has 0 N–H and O–H groups in total. The zero-order valence-corrected chi connectivity index (χ0v) is 6.20. The fourth-order valence-corrected chi connectivity index (χ4v) is 0. The molecule has 0 aliphatic heterocycles. The van der Waals surface area contributed by atoms with Gasteiger partial charge in [-0.15, -0.1) is 11.6 Å². The number of rotatable bonds is 1. The van der Waals surface area contributed by atoms with E-state index in [0.717, 1.165) is 6.92 Å². The van der Waals surface area contributed by atoms with E-state index in [1.54, 1.807) is 0 Å². The van der Waals surface area contributed by atoms with E-state index >= 15 is 0 Å². The van der Waals surface area contributed by atoms with Gasteiger partial charge in [-0.2, -0.15) is 0 Å². The molecule has 0 aromatic heterocycles. The Bertz CT molecular complexity index is 98.0. The minimum Gasteiger partial charge on any atom is -0.280 e. The number of halogens is 2. The molecule has 0 aromatic carbocycles. The molecule has 9 heavy (non-hydrogen) atoms.